The molecule has 0 aliphatic heterocycles. The lowest BCUT2D eigenvalue weighted by atomic mass is 10.0. The predicted molar refractivity (Wildman–Crippen MR) is 109 cm³/mol. The fraction of sp³-hybridized carbons (Fsp3) is 0.300. The van der Waals surface area contributed by atoms with Crippen LogP contribution in [0.5, 0.6) is 0 Å². The van der Waals surface area contributed by atoms with E-state index in [0.717, 1.165) is 22.0 Å². The second kappa shape index (κ2) is 11.5. The molecule has 2 atom stereocenters. The van der Waals surface area contributed by atoms with E-state index in [1.54, 1.807) is 0 Å². The average molecular weight is 437 g/mol. The zero-order valence-electron chi connectivity index (χ0n) is 15.1. The fourth-order valence-electron chi connectivity index (χ4n) is 2.21. The zero-order chi connectivity index (χ0) is 20.4. The SMILES string of the molecule is CCc1ccc(CC(N)C(=O)O)cc1.NC(Cc1ccc(Br)cc1)C(=O)O. The van der Waals surface area contributed by atoms with Crippen LogP contribution in [0.4, 0.5) is 0 Å². The summed E-state index contributed by atoms with van der Waals surface area (Å²) >= 11 is 3.29. The second-order valence-electron chi connectivity index (χ2n) is 6.09. The fourth-order valence-corrected chi connectivity index (χ4v) is 2.48. The largest absolute Gasteiger partial charge is 0.480 e. The van der Waals surface area contributed by atoms with Crippen LogP contribution in [0.3, 0.4) is 0 Å². The lowest BCUT2D eigenvalue weighted by Crippen LogP contribution is -2.32. The van der Waals surface area contributed by atoms with Gasteiger partial charge in [0, 0.05) is 4.47 Å². The van der Waals surface area contributed by atoms with Gasteiger partial charge in [0.2, 0.25) is 0 Å². The van der Waals surface area contributed by atoms with Crippen LogP contribution in [-0.4, -0.2) is 34.2 Å². The first kappa shape index (κ1) is 22.8. The summed E-state index contributed by atoms with van der Waals surface area (Å²) in [7, 11) is 0. The Morgan fingerprint density at radius 2 is 1.15 bits per heavy atom. The molecule has 0 aliphatic rings. The number of hydrogen-bond donors (Lipinski definition) is 4. The van der Waals surface area contributed by atoms with Gasteiger partial charge in [0.05, 0.1) is 0 Å². The molecule has 0 bridgehead atoms. The minimum Gasteiger partial charge on any atom is -0.480 e. The number of carboxylic acids is 2. The molecule has 0 saturated carbocycles. The van der Waals surface area contributed by atoms with Gasteiger partial charge in [0.1, 0.15) is 12.1 Å². The molecule has 6 N–H and O–H groups in total. The van der Waals surface area contributed by atoms with Crippen molar-refractivity contribution in [1.29, 1.82) is 0 Å². The van der Waals surface area contributed by atoms with Gasteiger partial charge in [-0.2, -0.15) is 0 Å². The summed E-state index contributed by atoms with van der Waals surface area (Å²) < 4.78 is 0.972. The van der Waals surface area contributed by atoms with Crippen LogP contribution in [0.2, 0.25) is 0 Å². The topological polar surface area (TPSA) is 127 Å². The summed E-state index contributed by atoms with van der Waals surface area (Å²) in [6.45, 7) is 2.08. The highest BCUT2D eigenvalue weighted by Gasteiger charge is 2.12. The lowest BCUT2D eigenvalue weighted by molar-refractivity contribution is -0.139. The minimum absolute atomic E-state index is 0.364. The Bertz CT molecular complexity index is 733. The maximum atomic E-state index is 10.5. The van der Waals surface area contributed by atoms with E-state index in [1.165, 1.54) is 5.56 Å². The van der Waals surface area contributed by atoms with E-state index in [9.17, 15) is 9.59 Å². The lowest BCUT2D eigenvalue weighted by Gasteiger charge is -2.06. The third kappa shape index (κ3) is 8.81. The molecule has 2 aromatic rings. The summed E-state index contributed by atoms with van der Waals surface area (Å²) in [6.07, 6.45) is 1.74. The number of halogens is 1. The first-order chi connectivity index (χ1) is 12.7. The number of carbonyl (C=O) groups is 2. The van der Waals surface area contributed by atoms with E-state index in [2.05, 4.69) is 22.9 Å². The van der Waals surface area contributed by atoms with Gasteiger partial charge in [0.15, 0.2) is 0 Å². The van der Waals surface area contributed by atoms with Crippen LogP contribution < -0.4 is 11.5 Å². The van der Waals surface area contributed by atoms with Crippen LogP contribution in [-0.2, 0) is 28.9 Å². The van der Waals surface area contributed by atoms with Crippen LogP contribution in [0.15, 0.2) is 53.0 Å². The van der Waals surface area contributed by atoms with E-state index < -0.39 is 24.0 Å². The second-order valence-corrected chi connectivity index (χ2v) is 7.01. The smallest absolute Gasteiger partial charge is 0.320 e. The Labute approximate surface area is 167 Å². The average Bonchev–Trinajstić information content (AvgIpc) is 2.64. The maximum Gasteiger partial charge on any atom is 0.320 e. The van der Waals surface area contributed by atoms with Gasteiger partial charge < -0.3 is 21.7 Å². The van der Waals surface area contributed by atoms with E-state index in [4.69, 9.17) is 21.7 Å². The van der Waals surface area contributed by atoms with Crippen molar-refractivity contribution in [2.24, 2.45) is 11.5 Å². The molecule has 2 unspecified atom stereocenters. The monoisotopic (exact) mass is 436 g/mol. The number of hydrogen-bond acceptors (Lipinski definition) is 4. The number of rotatable bonds is 7. The van der Waals surface area contributed by atoms with Crippen molar-refractivity contribution in [1.82, 2.24) is 0 Å². The number of aliphatic carboxylic acids is 2. The van der Waals surface area contributed by atoms with Crippen molar-refractivity contribution >= 4 is 27.9 Å². The van der Waals surface area contributed by atoms with Crippen molar-refractivity contribution in [3.8, 4) is 0 Å². The molecule has 0 saturated heterocycles. The van der Waals surface area contributed by atoms with Crippen molar-refractivity contribution in [2.45, 2.75) is 38.3 Å². The molecule has 6 nitrogen and oxygen atoms in total. The Balaban J connectivity index is 0.000000271. The van der Waals surface area contributed by atoms with Crippen molar-refractivity contribution in [3.63, 3.8) is 0 Å². The Kier molecular flexibility index (Phi) is 9.71. The minimum atomic E-state index is -0.970. The molecule has 7 heteroatoms. The molecular formula is C20H25BrN2O4. The first-order valence-corrected chi connectivity index (χ1v) is 9.31. The number of carboxylic acid groups (broad SMARTS) is 2. The van der Waals surface area contributed by atoms with E-state index in [0.29, 0.717) is 12.8 Å². The molecule has 146 valence electrons. The highest BCUT2D eigenvalue weighted by Crippen LogP contribution is 2.11. The van der Waals surface area contributed by atoms with Crippen LogP contribution in [0.25, 0.3) is 0 Å². The van der Waals surface area contributed by atoms with Gasteiger partial charge in [-0.15, -0.1) is 0 Å². The third-order valence-corrected chi connectivity index (χ3v) is 4.42. The molecule has 0 aliphatic carbocycles. The van der Waals surface area contributed by atoms with Gasteiger partial charge in [-0.3, -0.25) is 9.59 Å². The van der Waals surface area contributed by atoms with E-state index in [-0.39, 0.29) is 0 Å². The Morgan fingerprint density at radius 1 is 0.815 bits per heavy atom. The summed E-state index contributed by atoms with van der Waals surface area (Å²) in [5, 5.41) is 17.2. The maximum absolute atomic E-state index is 10.5. The number of benzene rings is 2. The molecule has 0 radical (unpaired) electrons. The van der Waals surface area contributed by atoms with E-state index >= 15 is 0 Å². The van der Waals surface area contributed by atoms with Crippen LogP contribution >= 0.6 is 15.9 Å². The quantitative estimate of drug-likeness (QED) is 0.528. The molecule has 2 rings (SSSR count). The van der Waals surface area contributed by atoms with Gasteiger partial charge in [-0.1, -0.05) is 59.3 Å². The van der Waals surface area contributed by atoms with Gasteiger partial charge in [-0.05, 0) is 48.1 Å². The summed E-state index contributed by atoms with van der Waals surface area (Å²) in [5.74, 6) is -1.92. The third-order valence-electron chi connectivity index (χ3n) is 3.89. The molecular weight excluding hydrogens is 412 g/mol. The molecule has 27 heavy (non-hydrogen) atoms. The normalized spacial score (nSPS) is 12.4. The Hall–Kier alpha value is -2.22. The predicted octanol–water partition coefficient (Wildman–Crippen LogP) is 2.61. The van der Waals surface area contributed by atoms with Crippen molar-refractivity contribution in [3.05, 3.63) is 69.7 Å². The summed E-state index contributed by atoms with van der Waals surface area (Å²) in [4.78, 5) is 20.9. The zero-order valence-corrected chi connectivity index (χ0v) is 16.7. The van der Waals surface area contributed by atoms with E-state index in [1.807, 2.05) is 48.5 Å². The van der Waals surface area contributed by atoms with Gasteiger partial charge >= 0.3 is 11.9 Å². The molecule has 0 heterocycles. The molecule has 0 spiro atoms. The molecule has 0 fully saturated rings. The Morgan fingerprint density at radius 3 is 1.48 bits per heavy atom. The number of nitrogens with two attached hydrogens (primary N) is 2. The molecule has 0 amide bonds. The van der Waals surface area contributed by atoms with Crippen molar-refractivity contribution in [2.75, 3.05) is 0 Å². The number of aryl methyl sites for hydroxylation is 1. The summed E-state index contributed by atoms with van der Waals surface area (Å²) in [5.41, 5.74) is 13.9. The van der Waals surface area contributed by atoms with Crippen molar-refractivity contribution < 1.29 is 19.8 Å². The molecule has 0 aromatic heterocycles. The first-order valence-electron chi connectivity index (χ1n) is 8.52. The highest BCUT2D eigenvalue weighted by molar-refractivity contribution is 9.10. The highest BCUT2D eigenvalue weighted by atomic mass is 79.9. The summed E-state index contributed by atoms with van der Waals surface area (Å²) in [6, 6.07) is 13.7. The van der Waals surface area contributed by atoms with Crippen LogP contribution in [0.1, 0.15) is 23.6 Å². The van der Waals surface area contributed by atoms with Gasteiger partial charge in [0.25, 0.3) is 0 Å². The standard InChI is InChI=1S/C11H15NO2.C9H10BrNO2/c1-2-8-3-5-9(6-4-8)7-10(12)11(13)14;10-7-3-1-6(2-4-7)5-8(11)9(12)13/h3-6,10H,2,7,12H2,1H3,(H,13,14);1-4,8H,5,11H2,(H,12,13). The van der Waals surface area contributed by atoms with Crippen LogP contribution in [0, 0.1) is 0 Å². The van der Waals surface area contributed by atoms with Gasteiger partial charge in [-0.25, -0.2) is 0 Å². The molecule has 2 aromatic carbocycles.